The van der Waals surface area contributed by atoms with Gasteiger partial charge in [0.05, 0.1) is 28.3 Å². The Morgan fingerprint density at radius 2 is 1.72 bits per heavy atom. The minimum Gasteiger partial charge on any atom is -0.490 e. The average Bonchev–Trinajstić information content (AvgIpc) is 3.84. The first-order valence-corrected chi connectivity index (χ1v) is 24.2. The molecule has 5 heterocycles. The summed E-state index contributed by atoms with van der Waals surface area (Å²) in [6.07, 6.45) is 23.7. The van der Waals surface area contributed by atoms with Gasteiger partial charge in [0, 0.05) is 57.5 Å². The summed E-state index contributed by atoms with van der Waals surface area (Å²) in [6.45, 7) is 9.94. The van der Waals surface area contributed by atoms with E-state index in [1.165, 1.54) is 12.1 Å². The molecule has 1 aromatic carbocycles. The molecule has 3 fully saturated rings. The topological polar surface area (TPSA) is 207 Å². The standard InChI is InChI=1S/C50H62N10O7/c1-31-9-7-10-36(27-31)67-39-19-13-33(28-32(39)2)45-44-46(51)53-30-54-47(44)60(56-45)35-16-14-34(15-17-35)58-25-23-57(24-26-58)22-6-4-3-5-21-52-42(62)29-66-40-12-8-11-37-43(40)50(65)59(49(37)64)38-18-20-41(61)55-48(38)63/h7-13,19,28,30-32,34-35,38-39H,3-6,14-18,20-27,29H2,1-2H3,(H,52,62)(H2,51,53,54)(H,55,61,63). The fourth-order valence-corrected chi connectivity index (χ4v) is 10.5. The zero-order valence-corrected chi connectivity index (χ0v) is 38.5. The number of piperazine rings is 1. The number of aromatic nitrogens is 4. The maximum absolute atomic E-state index is 13.3. The summed E-state index contributed by atoms with van der Waals surface area (Å²) in [7, 11) is 0. The van der Waals surface area contributed by atoms with E-state index in [1.54, 1.807) is 12.4 Å². The second-order valence-electron chi connectivity index (χ2n) is 18.9. The van der Waals surface area contributed by atoms with E-state index in [1.807, 2.05) is 0 Å². The molecule has 3 aliphatic heterocycles. The number of hydrogen-bond acceptors (Lipinski definition) is 13. The number of imide groups is 2. The van der Waals surface area contributed by atoms with Crippen LogP contribution >= 0.6 is 0 Å². The third kappa shape index (κ3) is 10.1. The number of carbonyl (C=O) groups is 5. The van der Waals surface area contributed by atoms with E-state index in [0.29, 0.717) is 24.3 Å². The normalized spacial score (nSPS) is 25.8. The highest BCUT2D eigenvalue weighted by molar-refractivity contribution is 6.24. The monoisotopic (exact) mass is 914 g/mol. The number of hydrogen-bond donors (Lipinski definition) is 3. The maximum atomic E-state index is 13.3. The molecule has 5 amide bonds. The van der Waals surface area contributed by atoms with Crippen LogP contribution in [0.3, 0.4) is 0 Å². The van der Waals surface area contributed by atoms with Crippen LogP contribution in [0.1, 0.15) is 117 Å². The Bertz CT molecular complexity index is 2510. The van der Waals surface area contributed by atoms with Gasteiger partial charge in [-0.3, -0.25) is 39.1 Å². The van der Waals surface area contributed by atoms with Crippen molar-refractivity contribution in [3.05, 3.63) is 83.6 Å². The first kappa shape index (κ1) is 45.9. The van der Waals surface area contributed by atoms with Gasteiger partial charge in [-0.05, 0) is 87.3 Å². The lowest BCUT2D eigenvalue weighted by Crippen LogP contribution is -2.54. The molecule has 4 atom stereocenters. The van der Waals surface area contributed by atoms with Gasteiger partial charge in [-0.25, -0.2) is 14.6 Å². The molecule has 9 rings (SSSR count). The van der Waals surface area contributed by atoms with Gasteiger partial charge in [-0.2, -0.15) is 5.10 Å². The number of ether oxygens (including phenoxy) is 2. The Balaban J connectivity index is 0.666. The molecule has 4 unspecified atom stereocenters. The molecule has 2 saturated heterocycles. The van der Waals surface area contributed by atoms with Crippen molar-refractivity contribution in [3.8, 4) is 5.75 Å². The summed E-state index contributed by atoms with van der Waals surface area (Å²) in [5.74, 6) is -0.532. The zero-order valence-electron chi connectivity index (χ0n) is 38.5. The van der Waals surface area contributed by atoms with E-state index in [-0.39, 0.29) is 60.3 Å². The van der Waals surface area contributed by atoms with Crippen LogP contribution in [0.15, 0.2) is 66.7 Å². The number of nitrogen functional groups attached to an aromatic ring is 1. The van der Waals surface area contributed by atoms with Crippen LogP contribution in [0, 0.1) is 11.8 Å². The van der Waals surface area contributed by atoms with Crippen LogP contribution in [-0.4, -0.2) is 128 Å². The van der Waals surface area contributed by atoms with Crippen molar-refractivity contribution in [1.82, 2.24) is 45.1 Å². The van der Waals surface area contributed by atoms with Gasteiger partial charge in [0.2, 0.25) is 11.8 Å². The van der Waals surface area contributed by atoms with Crippen molar-refractivity contribution < 1.29 is 33.4 Å². The molecule has 1 saturated carbocycles. The summed E-state index contributed by atoms with van der Waals surface area (Å²) in [6, 6.07) is 4.32. The third-order valence-corrected chi connectivity index (χ3v) is 14.2. The van der Waals surface area contributed by atoms with Gasteiger partial charge < -0.3 is 25.4 Å². The summed E-state index contributed by atoms with van der Waals surface area (Å²) < 4.78 is 14.2. The van der Waals surface area contributed by atoms with Crippen LogP contribution in [0.4, 0.5) is 5.82 Å². The quantitative estimate of drug-likeness (QED) is 0.126. The largest absolute Gasteiger partial charge is 0.490 e. The van der Waals surface area contributed by atoms with Gasteiger partial charge in [-0.15, -0.1) is 0 Å². The number of amides is 5. The number of nitrogens with one attached hydrogen (secondary N) is 2. The lowest BCUT2D eigenvalue weighted by molar-refractivity contribution is -0.136. The first-order chi connectivity index (χ1) is 32.5. The molecular weight excluding hydrogens is 853 g/mol. The Morgan fingerprint density at radius 1 is 0.925 bits per heavy atom. The van der Waals surface area contributed by atoms with Crippen molar-refractivity contribution in [2.45, 2.75) is 109 Å². The summed E-state index contributed by atoms with van der Waals surface area (Å²) in [5.41, 5.74) is 9.31. The molecular formula is C50H62N10O7. The molecule has 67 heavy (non-hydrogen) atoms. The molecule has 354 valence electrons. The molecule has 0 spiro atoms. The lowest BCUT2D eigenvalue weighted by Gasteiger charge is -2.42. The number of carbonyl (C=O) groups excluding carboxylic acids is 5. The highest BCUT2D eigenvalue weighted by atomic mass is 16.5. The maximum Gasteiger partial charge on any atom is 0.266 e. The van der Waals surface area contributed by atoms with E-state index in [2.05, 4.69) is 80.4 Å². The molecule has 6 aliphatic rings. The van der Waals surface area contributed by atoms with Crippen molar-refractivity contribution in [2.24, 2.45) is 11.8 Å². The minimum atomic E-state index is -1.08. The van der Waals surface area contributed by atoms with Gasteiger partial charge in [0.25, 0.3) is 17.7 Å². The number of rotatable bonds is 16. The first-order valence-electron chi connectivity index (χ1n) is 24.2. The summed E-state index contributed by atoms with van der Waals surface area (Å²) >= 11 is 0. The number of benzene rings is 1. The van der Waals surface area contributed by atoms with Crippen molar-refractivity contribution in [2.75, 3.05) is 51.6 Å². The molecule has 2 aromatic heterocycles. The predicted molar refractivity (Wildman–Crippen MR) is 251 cm³/mol. The molecule has 3 aliphatic carbocycles. The van der Waals surface area contributed by atoms with Crippen LogP contribution in [0.25, 0.3) is 16.6 Å². The number of allylic oxidation sites excluding steroid dienone is 6. The van der Waals surface area contributed by atoms with Gasteiger partial charge in [0.1, 0.15) is 35.7 Å². The second-order valence-corrected chi connectivity index (χ2v) is 18.9. The number of unbranched alkanes of at least 4 members (excludes halogenated alkanes) is 3. The summed E-state index contributed by atoms with van der Waals surface area (Å²) in [4.78, 5) is 78.2. The van der Waals surface area contributed by atoms with Crippen LogP contribution in [0.2, 0.25) is 0 Å². The molecule has 17 nitrogen and oxygen atoms in total. The molecule has 17 heteroatoms. The predicted octanol–water partition coefficient (Wildman–Crippen LogP) is 5.12. The van der Waals surface area contributed by atoms with Crippen LogP contribution in [-0.2, 0) is 19.1 Å². The van der Waals surface area contributed by atoms with Crippen molar-refractivity contribution in [1.29, 1.82) is 0 Å². The fraction of sp³-hybridized carbons (Fsp3) is 0.520. The SMILES string of the molecule is CC1C=CC=C(OC2C=CC(c3nn(C4CCC(N5CCN(CCCCCCNC(=O)COc6cccc7c6C(=O)N(C6CCC(=O)NC6=O)C7=O)CC5)CC4)c4ncnc(N)c34)=CC2C)C1. The van der Waals surface area contributed by atoms with E-state index in [4.69, 9.17) is 25.3 Å². The third-order valence-electron chi connectivity index (χ3n) is 14.2. The van der Waals surface area contributed by atoms with Crippen LogP contribution in [0.5, 0.6) is 5.75 Å². The molecule has 0 radical (unpaired) electrons. The van der Waals surface area contributed by atoms with E-state index in [0.717, 1.165) is 123 Å². The highest BCUT2D eigenvalue weighted by Crippen LogP contribution is 2.39. The van der Waals surface area contributed by atoms with E-state index >= 15 is 0 Å². The lowest BCUT2D eigenvalue weighted by atomic mass is 9.90. The molecule has 0 bridgehead atoms. The minimum absolute atomic E-state index is 0.0211. The van der Waals surface area contributed by atoms with Crippen molar-refractivity contribution in [3.63, 3.8) is 0 Å². The fourth-order valence-electron chi connectivity index (χ4n) is 10.5. The number of anilines is 1. The van der Waals surface area contributed by atoms with E-state index in [9.17, 15) is 24.0 Å². The molecule has 3 aromatic rings. The Morgan fingerprint density at radius 3 is 2.49 bits per heavy atom. The van der Waals surface area contributed by atoms with Gasteiger partial charge in [0.15, 0.2) is 12.3 Å². The molecule has 4 N–H and O–H groups in total. The second kappa shape index (κ2) is 20.3. The smallest absolute Gasteiger partial charge is 0.266 e. The zero-order chi connectivity index (χ0) is 46.6. The highest BCUT2D eigenvalue weighted by Gasteiger charge is 2.46. The Hall–Kier alpha value is -6.20. The average molecular weight is 915 g/mol. The Kier molecular flexibility index (Phi) is 14.0. The van der Waals surface area contributed by atoms with Crippen molar-refractivity contribution >= 4 is 52.0 Å². The Labute approximate surface area is 390 Å². The number of nitrogens with zero attached hydrogens (tertiary/aromatic N) is 7. The summed E-state index contributed by atoms with van der Waals surface area (Å²) in [5, 5.41) is 11.1. The van der Waals surface area contributed by atoms with Gasteiger partial charge in [-0.1, -0.05) is 57.1 Å². The number of fused-ring (bicyclic) bond motifs is 2. The number of nitrogens with two attached hydrogens (primary N) is 1. The number of piperidine rings is 1. The van der Waals surface area contributed by atoms with Crippen LogP contribution < -0.4 is 21.1 Å². The van der Waals surface area contributed by atoms with E-state index < -0.39 is 29.7 Å². The van der Waals surface area contributed by atoms with Gasteiger partial charge >= 0.3 is 0 Å².